The van der Waals surface area contributed by atoms with E-state index in [0.717, 1.165) is 0 Å². The van der Waals surface area contributed by atoms with Crippen LogP contribution in [0.4, 0.5) is 10.2 Å². The van der Waals surface area contributed by atoms with E-state index in [1.807, 2.05) is 0 Å². The van der Waals surface area contributed by atoms with Crippen molar-refractivity contribution in [1.82, 2.24) is 19.5 Å². The third kappa shape index (κ3) is 1.60. The molecule has 2 heterocycles. The van der Waals surface area contributed by atoms with Crippen LogP contribution < -0.4 is 5.73 Å². The first-order valence-electron chi connectivity index (χ1n) is 5.84. The van der Waals surface area contributed by atoms with Crippen molar-refractivity contribution in [2.75, 3.05) is 12.3 Å². The van der Waals surface area contributed by atoms with Gasteiger partial charge in [-0.3, -0.25) is 0 Å². The van der Waals surface area contributed by atoms with Crippen LogP contribution in [-0.4, -0.2) is 53.7 Å². The molecule has 20 heavy (non-hydrogen) atoms. The Morgan fingerprint density at radius 2 is 2.05 bits per heavy atom. The third-order valence-corrected chi connectivity index (χ3v) is 3.43. The lowest BCUT2D eigenvalue weighted by Crippen LogP contribution is -2.30. The SMILES string of the molecule is Nc1ncnc2c1ncn2C1C(F)=C(CO)[C@@H](O)[C@H]1O. The Morgan fingerprint density at radius 3 is 2.70 bits per heavy atom. The maximum Gasteiger partial charge on any atom is 0.166 e. The molecule has 106 valence electrons. The fourth-order valence-corrected chi connectivity index (χ4v) is 2.39. The summed E-state index contributed by atoms with van der Waals surface area (Å²) in [5.74, 6) is -0.669. The second-order valence-electron chi connectivity index (χ2n) is 4.49. The van der Waals surface area contributed by atoms with Gasteiger partial charge in [0.2, 0.25) is 0 Å². The summed E-state index contributed by atoms with van der Waals surface area (Å²) >= 11 is 0. The number of nitrogens with two attached hydrogens (primary N) is 1. The van der Waals surface area contributed by atoms with Crippen LogP contribution in [0.15, 0.2) is 24.1 Å². The molecule has 0 radical (unpaired) electrons. The van der Waals surface area contributed by atoms with E-state index in [-0.39, 0.29) is 22.6 Å². The van der Waals surface area contributed by atoms with Gasteiger partial charge in [-0.15, -0.1) is 0 Å². The molecule has 8 nitrogen and oxygen atoms in total. The van der Waals surface area contributed by atoms with Crippen molar-refractivity contribution in [2.45, 2.75) is 18.2 Å². The molecule has 3 rings (SSSR count). The summed E-state index contributed by atoms with van der Waals surface area (Å²) in [6.07, 6.45) is -0.453. The molecule has 0 saturated heterocycles. The van der Waals surface area contributed by atoms with Gasteiger partial charge in [0.25, 0.3) is 0 Å². The summed E-state index contributed by atoms with van der Waals surface area (Å²) < 4.78 is 15.5. The van der Waals surface area contributed by atoms with Crippen molar-refractivity contribution in [3.63, 3.8) is 0 Å². The molecule has 5 N–H and O–H groups in total. The van der Waals surface area contributed by atoms with E-state index < -0.39 is 30.7 Å². The fraction of sp³-hybridized carbons (Fsp3) is 0.364. The molecule has 0 bridgehead atoms. The quantitative estimate of drug-likeness (QED) is 0.549. The molecular formula is C11H12FN5O3. The number of aromatic nitrogens is 4. The van der Waals surface area contributed by atoms with Crippen LogP contribution in [0.3, 0.4) is 0 Å². The van der Waals surface area contributed by atoms with Crippen LogP contribution in [0.1, 0.15) is 6.04 Å². The fourth-order valence-electron chi connectivity index (χ4n) is 2.39. The molecule has 1 aliphatic carbocycles. The zero-order valence-electron chi connectivity index (χ0n) is 10.2. The number of imidazole rings is 1. The zero-order chi connectivity index (χ0) is 14.4. The summed E-state index contributed by atoms with van der Waals surface area (Å²) in [4.78, 5) is 11.7. The van der Waals surface area contributed by atoms with Crippen molar-refractivity contribution in [3.8, 4) is 0 Å². The van der Waals surface area contributed by atoms with E-state index in [1.165, 1.54) is 17.2 Å². The van der Waals surface area contributed by atoms with Gasteiger partial charge in [-0.2, -0.15) is 0 Å². The number of nitrogens with zero attached hydrogens (tertiary/aromatic N) is 4. The highest BCUT2D eigenvalue weighted by Crippen LogP contribution is 2.38. The Bertz CT molecular complexity index is 700. The maximum atomic E-state index is 14.2. The molecule has 9 heteroatoms. The summed E-state index contributed by atoms with van der Waals surface area (Å²) in [5.41, 5.74) is 5.91. The monoisotopic (exact) mass is 281 g/mol. The van der Waals surface area contributed by atoms with Gasteiger partial charge < -0.3 is 25.6 Å². The lowest BCUT2D eigenvalue weighted by atomic mass is 10.1. The average Bonchev–Trinajstić information content (AvgIpc) is 2.92. The van der Waals surface area contributed by atoms with E-state index in [9.17, 15) is 14.6 Å². The second kappa shape index (κ2) is 4.47. The molecule has 0 saturated carbocycles. The van der Waals surface area contributed by atoms with Crippen molar-refractivity contribution in [2.24, 2.45) is 0 Å². The first kappa shape index (κ1) is 12.9. The van der Waals surface area contributed by atoms with Crippen molar-refractivity contribution in [1.29, 1.82) is 0 Å². The Hall–Kier alpha value is -2.10. The summed E-state index contributed by atoms with van der Waals surface area (Å²) in [6, 6.07) is -1.20. The Kier molecular flexibility index (Phi) is 2.89. The van der Waals surface area contributed by atoms with Crippen LogP contribution in [0.5, 0.6) is 0 Å². The van der Waals surface area contributed by atoms with Crippen LogP contribution in [-0.2, 0) is 0 Å². The molecule has 0 amide bonds. The first-order valence-corrected chi connectivity index (χ1v) is 5.84. The van der Waals surface area contributed by atoms with Crippen LogP contribution in [0.2, 0.25) is 0 Å². The van der Waals surface area contributed by atoms with Crippen molar-refractivity contribution >= 4 is 17.0 Å². The number of fused-ring (bicyclic) bond motifs is 1. The molecule has 1 aliphatic rings. The topological polar surface area (TPSA) is 130 Å². The third-order valence-electron chi connectivity index (χ3n) is 3.43. The minimum absolute atomic E-state index is 0.133. The highest BCUT2D eigenvalue weighted by Gasteiger charge is 2.43. The Morgan fingerprint density at radius 1 is 1.30 bits per heavy atom. The van der Waals surface area contributed by atoms with Gasteiger partial charge in [0.05, 0.1) is 12.9 Å². The van der Waals surface area contributed by atoms with Gasteiger partial charge >= 0.3 is 0 Å². The molecule has 0 aromatic carbocycles. The van der Waals surface area contributed by atoms with E-state index in [0.29, 0.717) is 0 Å². The van der Waals surface area contributed by atoms with Gasteiger partial charge in [0.1, 0.15) is 35.9 Å². The number of aliphatic hydroxyl groups excluding tert-OH is 3. The highest BCUT2D eigenvalue weighted by molar-refractivity contribution is 5.81. The molecule has 0 spiro atoms. The molecule has 0 fully saturated rings. The van der Waals surface area contributed by atoms with Crippen molar-refractivity contribution in [3.05, 3.63) is 24.1 Å². The molecular weight excluding hydrogens is 269 g/mol. The minimum Gasteiger partial charge on any atom is -0.392 e. The molecule has 2 aromatic rings. The predicted molar refractivity (Wildman–Crippen MR) is 66.0 cm³/mol. The standard InChI is InChI=1S/C11H12FN5O3/c12-5-4(1-18)8(19)9(20)7(5)17-3-16-6-10(13)14-2-15-11(6)17/h2-3,7-9,18-20H,1H2,(H2,13,14,15)/t7?,8-,9+/m1/s1. The number of aliphatic hydroxyl groups is 3. The first-order chi connectivity index (χ1) is 9.56. The number of halogens is 1. The molecule has 3 atom stereocenters. The van der Waals surface area contributed by atoms with E-state index in [2.05, 4.69) is 15.0 Å². The molecule has 1 unspecified atom stereocenters. The van der Waals surface area contributed by atoms with Gasteiger partial charge in [-0.25, -0.2) is 19.3 Å². The summed E-state index contributed by atoms with van der Waals surface area (Å²) in [5, 5.41) is 28.7. The number of anilines is 1. The Labute approximate surface area is 112 Å². The van der Waals surface area contributed by atoms with Gasteiger partial charge in [0.15, 0.2) is 11.5 Å². The van der Waals surface area contributed by atoms with Crippen molar-refractivity contribution < 1.29 is 19.7 Å². The van der Waals surface area contributed by atoms with Gasteiger partial charge in [-0.05, 0) is 0 Å². The molecule has 0 aliphatic heterocycles. The van der Waals surface area contributed by atoms with Crippen LogP contribution >= 0.6 is 0 Å². The lowest BCUT2D eigenvalue weighted by Gasteiger charge is -2.18. The van der Waals surface area contributed by atoms with Crippen LogP contribution in [0, 0.1) is 0 Å². The van der Waals surface area contributed by atoms with E-state index in [1.54, 1.807) is 0 Å². The molecule has 2 aromatic heterocycles. The number of rotatable bonds is 2. The summed E-state index contributed by atoms with van der Waals surface area (Å²) in [7, 11) is 0. The van der Waals surface area contributed by atoms with E-state index in [4.69, 9.17) is 10.8 Å². The van der Waals surface area contributed by atoms with E-state index >= 15 is 0 Å². The number of hydrogen-bond donors (Lipinski definition) is 4. The number of hydrogen-bond acceptors (Lipinski definition) is 7. The smallest absolute Gasteiger partial charge is 0.166 e. The van der Waals surface area contributed by atoms with Crippen LogP contribution in [0.25, 0.3) is 11.2 Å². The lowest BCUT2D eigenvalue weighted by molar-refractivity contribution is 0.0262. The normalized spacial score (nSPS) is 26.7. The Balaban J connectivity index is 2.17. The predicted octanol–water partition coefficient (Wildman–Crippen LogP) is -1.10. The van der Waals surface area contributed by atoms with Gasteiger partial charge in [0, 0.05) is 5.57 Å². The largest absolute Gasteiger partial charge is 0.392 e. The minimum atomic E-state index is -1.47. The summed E-state index contributed by atoms with van der Waals surface area (Å²) in [6.45, 7) is -0.676. The maximum absolute atomic E-state index is 14.2. The number of nitrogen functional groups attached to an aromatic ring is 1. The zero-order valence-corrected chi connectivity index (χ0v) is 10.2. The van der Waals surface area contributed by atoms with Gasteiger partial charge in [-0.1, -0.05) is 0 Å². The highest BCUT2D eigenvalue weighted by atomic mass is 19.1. The average molecular weight is 281 g/mol. The second-order valence-corrected chi connectivity index (χ2v) is 4.49.